The number of ketones is 1. The fraction of sp³-hybridized carbons (Fsp3) is 0.429. The van der Waals surface area contributed by atoms with Gasteiger partial charge in [0.25, 0.3) is 0 Å². The van der Waals surface area contributed by atoms with Gasteiger partial charge < -0.3 is 5.11 Å². The first-order chi connectivity index (χ1) is 9.47. The summed E-state index contributed by atoms with van der Waals surface area (Å²) >= 11 is 11.8. The molecule has 1 atom stereocenters. The zero-order valence-electron chi connectivity index (χ0n) is 10.8. The molecule has 4 nitrogen and oxygen atoms in total. The van der Waals surface area contributed by atoms with Crippen LogP contribution in [-0.4, -0.2) is 41.4 Å². The van der Waals surface area contributed by atoms with Crippen molar-refractivity contribution in [3.8, 4) is 0 Å². The topological polar surface area (TPSA) is 57.6 Å². The van der Waals surface area contributed by atoms with Gasteiger partial charge in [-0.25, -0.2) is 0 Å². The molecule has 20 heavy (non-hydrogen) atoms. The van der Waals surface area contributed by atoms with E-state index in [1.54, 1.807) is 12.1 Å². The maximum absolute atomic E-state index is 12.2. The van der Waals surface area contributed by atoms with Gasteiger partial charge in [0.15, 0.2) is 5.78 Å². The Balaban J connectivity index is 2.02. The minimum absolute atomic E-state index is 0.113. The van der Waals surface area contributed by atoms with Gasteiger partial charge in [-0.05, 0) is 37.6 Å². The van der Waals surface area contributed by atoms with E-state index in [2.05, 4.69) is 0 Å². The van der Waals surface area contributed by atoms with Crippen LogP contribution in [0.15, 0.2) is 18.2 Å². The molecule has 1 aliphatic heterocycles. The molecule has 108 valence electrons. The molecule has 6 heteroatoms. The Morgan fingerprint density at radius 3 is 2.75 bits per heavy atom. The number of carboxylic acids is 1. The first kappa shape index (κ1) is 15.3. The summed E-state index contributed by atoms with van der Waals surface area (Å²) in [6.45, 7) is 1.33. The van der Waals surface area contributed by atoms with Gasteiger partial charge >= 0.3 is 5.97 Å². The molecule has 0 aromatic heterocycles. The van der Waals surface area contributed by atoms with Crippen LogP contribution < -0.4 is 0 Å². The number of carbonyl (C=O) groups is 2. The summed E-state index contributed by atoms with van der Waals surface area (Å²) in [6, 6.07) is 4.76. The molecule has 1 N–H and O–H groups in total. The molecule has 0 saturated carbocycles. The molecule has 1 fully saturated rings. The third-order valence-electron chi connectivity index (χ3n) is 3.45. The van der Waals surface area contributed by atoms with E-state index in [1.165, 1.54) is 6.07 Å². The SMILES string of the molecule is O=C(CN1CCCC(C(=O)O)C1)c1ccc(Cl)cc1Cl. The Morgan fingerprint density at radius 2 is 2.10 bits per heavy atom. The predicted molar refractivity (Wildman–Crippen MR) is 77.6 cm³/mol. The van der Waals surface area contributed by atoms with Crippen molar-refractivity contribution in [3.05, 3.63) is 33.8 Å². The summed E-state index contributed by atoms with van der Waals surface area (Å²) in [4.78, 5) is 25.1. The monoisotopic (exact) mass is 315 g/mol. The highest BCUT2D eigenvalue weighted by Crippen LogP contribution is 2.23. The van der Waals surface area contributed by atoms with Crippen molar-refractivity contribution in [1.29, 1.82) is 0 Å². The maximum Gasteiger partial charge on any atom is 0.307 e. The molecule has 1 unspecified atom stereocenters. The number of likely N-dealkylation sites (tertiary alicyclic amines) is 1. The van der Waals surface area contributed by atoms with Crippen LogP contribution in [0, 0.1) is 5.92 Å². The van der Waals surface area contributed by atoms with Crippen molar-refractivity contribution in [2.45, 2.75) is 12.8 Å². The lowest BCUT2D eigenvalue weighted by Gasteiger charge is -2.30. The summed E-state index contributed by atoms with van der Waals surface area (Å²) in [6.07, 6.45) is 1.46. The Bertz CT molecular complexity index is 533. The van der Waals surface area contributed by atoms with Crippen molar-refractivity contribution in [1.82, 2.24) is 4.90 Å². The summed E-state index contributed by atoms with van der Waals surface area (Å²) < 4.78 is 0. The fourth-order valence-corrected chi connectivity index (χ4v) is 2.92. The third kappa shape index (κ3) is 3.72. The number of hydrogen-bond donors (Lipinski definition) is 1. The van der Waals surface area contributed by atoms with Crippen LogP contribution in [-0.2, 0) is 4.79 Å². The Kier molecular flexibility index (Phi) is 5.02. The first-order valence-electron chi connectivity index (χ1n) is 6.41. The lowest BCUT2D eigenvalue weighted by atomic mass is 9.98. The van der Waals surface area contributed by atoms with E-state index in [9.17, 15) is 9.59 Å². The second-order valence-corrected chi connectivity index (χ2v) is 5.80. The van der Waals surface area contributed by atoms with Crippen LogP contribution in [0.1, 0.15) is 23.2 Å². The highest BCUT2D eigenvalue weighted by atomic mass is 35.5. The van der Waals surface area contributed by atoms with Crippen LogP contribution in [0.4, 0.5) is 0 Å². The number of piperidine rings is 1. The highest BCUT2D eigenvalue weighted by Gasteiger charge is 2.26. The van der Waals surface area contributed by atoms with E-state index in [4.69, 9.17) is 28.3 Å². The van der Waals surface area contributed by atoms with Crippen LogP contribution in [0.5, 0.6) is 0 Å². The molecule has 0 aliphatic carbocycles. The number of carbonyl (C=O) groups excluding carboxylic acids is 1. The second-order valence-electron chi connectivity index (χ2n) is 4.96. The third-order valence-corrected chi connectivity index (χ3v) is 4.00. The van der Waals surface area contributed by atoms with Gasteiger partial charge in [-0.3, -0.25) is 14.5 Å². The minimum Gasteiger partial charge on any atom is -0.481 e. The van der Waals surface area contributed by atoms with E-state index >= 15 is 0 Å². The standard InChI is InChI=1S/C14H15Cl2NO3/c15-10-3-4-11(12(16)6-10)13(18)8-17-5-1-2-9(7-17)14(19)20/h3-4,6,9H,1-2,5,7-8H2,(H,19,20). The van der Waals surface area contributed by atoms with Gasteiger partial charge in [0.2, 0.25) is 0 Å². The average molecular weight is 316 g/mol. The molecule has 0 radical (unpaired) electrons. The number of hydrogen-bond acceptors (Lipinski definition) is 3. The maximum atomic E-state index is 12.2. The predicted octanol–water partition coefficient (Wildman–Crippen LogP) is 2.97. The lowest BCUT2D eigenvalue weighted by molar-refractivity contribution is -0.143. The van der Waals surface area contributed by atoms with Crippen molar-refractivity contribution in [2.24, 2.45) is 5.92 Å². The van der Waals surface area contributed by atoms with Gasteiger partial charge in [0.05, 0.1) is 17.5 Å². The Hall–Kier alpha value is -1.10. The van der Waals surface area contributed by atoms with Gasteiger partial charge in [-0.2, -0.15) is 0 Å². The molecule has 1 saturated heterocycles. The Morgan fingerprint density at radius 1 is 1.35 bits per heavy atom. The van der Waals surface area contributed by atoms with Gasteiger partial charge in [0, 0.05) is 17.1 Å². The van der Waals surface area contributed by atoms with E-state index < -0.39 is 11.9 Å². The Labute approximate surface area is 127 Å². The van der Waals surface area contributed by atoms with Crippen LogP contribution >= 0.6 is 23.2 Å². The minimum atomic E-state index is -0.799. The van der Waals surface area contributed by atoms with Gasteiger partial charge in [-0.1, -0.05) is 23.2 Å². The second kappa shape index (κ2) is 6.57. The normalized spacial score (nSPS) is 19.8. The van der Waals surface area contributed by atoms with Crippen LogP contribution in [0.2, 0.25) is 10.0 Å². The molecule has 1 aliphatic rings. The number of halogens is 2. The number of rotatable bonds is 4. The molecule has 1 heterocycles. The number of Topliss-reactive ketones (excluding diaryl/α,β-unsaturated/α-hetero) is 1. The smallest absolute Gasteiger partial charge is 0.307 e. The van der Waals surface area contributed by atoms with Crippen molar-refractivity contribution in [3.63, 3.8) is 0 Å². The van der Waals surface area contributed by atoms with E-state index in [0.29, 0.717) is 28.6 Å². The zero-order valence-corrected chi connectivity index (χ0v) is 12.3. The summed E-state index contributed by atoms with van der Waals surface area (Å²) in [5.41, 5.74) is 0.425. The van der Waals surface area contributed by atoms with Gasteiger partial charge in [-0.15, -0.1) is 0 Å². The molecule has 0 bridgehead atoms. The number of carboxylic acid groups (broad SMARTS) is 1. The molecule has 0 amide bonds. The molecule has 1 aromatic rings. The van der Waals surface area contributed by atoms with Crippen LogP contribution in [0.25, 0.3) is 0 Å². The lowest BCUT2D eigenvalue weighted by Crippen LogP contribution is -2.41. The molecule has 2 rings (SSSR count). The van der Waals surface area contributed by atoms with Crippen molar-refractivity contribution in [2.75, 3.05) is 19.6 Å². The highest BCUT2D eigenvalue weighted by molar-refractivity contribution is 6.36. The molecule has 0 spiro atoms. The van der Waals surface area contributed by atoms with Crippen molar-refractivity contribution >= 4 is 35.0 Å². The quantitative estimate of drug-likeness (QED) is 0.868. The number of benzene rings is 1. The summed E-state index contributed by atoms with van der Waals surface area (Å²) in [5, 5.41) is 9.84. The van der Waals surface area contributed by atoms with E-state index in [1.807, 2.05) is 4.90 Å². The van der Waals surface area contributed by atoms with Crippen molar-refractivity contribution < 1.29 is 14.7 Å². The first-order valence-corrected chi connectivity index (χ1v) is 7.16. The summed E-state index contributed by atoms with van der Waals surface area (Å²) in [7, 11) is 0. The molecular weight excluding hydrogens is 301 g/mol. The number of nitrogens with zero attached hydrogens (tertiary/aromatic N) is 1. The average Bonchev–Trinajstić information content (AvgIpc) is 2.38. The molecule has 1 aromatic carbocycles. The summed E-state index contributed by atoms with van der Waals surface area (Å²) in [5.74, 6) is -1.30. The molecular formula is C14H15Cl2NO3. The zero-order chi connectivity index (χ0) is 14.7. The fourth-order valence-electron chi connectivity index (χ4n) is 2.40. The van der Waals surface area contributed by atoms with E-state index in [-0.39, 0.29) is 12.3 Å². The number of aliphatic carboxylic acids is 1. The van der Waals surface area contributed by atoms with Gasteiger partial charge in [0.1, 0.15) is 0 Å². The van der Waals surface area contributed by atoms with E-state index in [0.717, 1.165) is 13.0 Å². The van der Waals surface area contributed by atoms with Crippen LogP contribution in [0.3, 0.4) is 0 Å². The largest absolute Gasteiger partial charge is 0.481 e.